The quantitative estimate of drug-likeness (QED) is 0.771. The molecule has 1 rings (SSSR count). The van der Waals surface area contributed by atoms with Gasteiger partial charge in [0.1, 0.15) is 5.75 Å². The lowest BCUT2D eigenvalue weighted by Gasteiger charge is -2.17. The molecule has 1 aromatic carbocycles. The van der Waals surface area contributed by atoms with Gasteiger partial charge in [-0.25, -0.2) is 0 Å². The molecule has 0 saturated carbocycles. The van der Waals surface area contributed by atoms with Crippen LogP contribution in [0.2, 0.25) is 0 Å². The van der Waals surface area contributed by atoms with E-state index in [9.17, 15) is 0 Å². The van der Waals surface area contributed by atoms with E-state index in [1.165, 1.54) is 0 Å². The van der Waals surface area contributed by atoms with Gasteiger partial charge in [-0.1, -0.05) is 25.5 Å². The highest BCUT2D eigenvalue weighted by molar-refractivity contribution is 7.80. The summed E-state index contributed by atoms with van der Waals surface area (Å²) in [5.41, 5.74) is 0.903. The van der Waals surface area contributed by atoms with Crippen LogP contribution in [0, 0.1) is 0 Å². The molecule has 0 aliphatic heterocycles. The van der Waals surface area contributed by atoms with Gasteiger partial charge in [-0.15, -0.1) is 0 Å². The van der Waals surface area contributed by atoms with Crippen molar-refractivity contribution in [3.05, 3.63) is 24.3 Å². The largest absolute Gasteiger partial charge is 0.492 e. The van der Waals surface area contributed by atoms with Crippen LogP contribution in [-0.2, 0) is 0 Å². The summed E-state index contributed by atoms with van der Waals surface area (Å²) in [7, 11) is 0. The highest BCUT2D eigenvalue weighted by Gasteiger charge is 2.06. The second-order valence-corrected chi connectivity index (χ2v) is 4.63. The fourth-order valence-electron chi connectivity index (χ4n) is 1.74. The molecule has 0 fully saturated rings. The van der Waals surface area contributed by atoms with E-state index in [1.54, 1.807) is 0 Å². The van der Waals surface area contributed by atoms with E-state index < -0.39 is 0 Å². The molecule has 0 spiro atoms. The minimum atomic E-state index is 0.384. The highest BCUT2D eigenvalue weighted by atomic mass is 32.1. The minimum absolute atomic E-state index is 0.384. The van der Waals surface area contributed by atoms with E-state index in [0.29, 0.717) is 17.8 Å². The molecule has 0 aliphatic carbocycles. The second kappa shape index (κ2) is 7.93. The van der Waals surface area contributed by atoms with Gasteiger partial charge in [-0.2, -0.15) is 0 Å². The molecule has 3 nitrogen and oxygen atoms in total. The van der Waals surface area contributed by atoms with Gasteiger partial charge in [-0.3, -0.25) is 0 Å². The Labute approximate surface area is 115 Å². The first-order chi connectivity index (χ1) is 8.67. The van der Waals surface area contributed by atoms with E-state index >= 15 is 0 Å². The topological polar surface area (TPSA) is 33.3 Å². The third-order valence-corrected chi connectivity index (χ3v) is 2.75. The van der Waals surface area contributed by atoms with E-state index in [2.05, 4.69) is 24.5 Å². The van der Waals surface area contributed by atoms with Crippen LogP contribution >= 0.6 is 12.2 Å². The average molecular weight is 266 g/mol. The van der Waals surface area contributed by atoms with Gasteiger partial charge < -0.3 is 15.4 Å². The van der Waals surface area contributed by atoms with Crippen LogP contribution in [-0.4, -0.2) is 17.8 Å². The second-order valence-electron chi connectivity index (χ2n) is 4.22. The lowest BCUT2D eigenvalue weighted by Crippen LogP contribution is -2.35. The molecule has 4 heteroatoms. The van der Waals surface area contributed by atoms with Gasteiger partial charge in [0.25, 0.3) is 0 Å². The first-order valence-electron chi connectivity index (χ1n) is 6.46. The van der Waals surface area contributed by atoms with Gasteiger partial charge in [-0.05, 0) is 44.6 Å². The SMILES string of the molecule is CCC[C@H](C)NC(=S)Nc1ccccc1OCC. The Bertz CT molecular complexity index is 382. The molecule has 1 atom stereocenters. The van der Waals surface area contributed by atoms with Crippen molar-refractivity contribution in [2.24, 2.45) is 0 Å². The predicted octanol–water partition coefficient (Wildman–Crippen LogP) is 3.56. The van der Waals surface area contributed by atoms with E-state index in [1.807, 2.05) is 31.2 Å². The number of anilines is 1. The summed E-state index contributed by atoms with van der Waals surface area (Å²) in [4.78, 5) is 0. The van der Waals surface area contributed by atoms with Gasteiger partial charge in [0.2, 0.25) is 0 Å². The normalized spacial score (nSPS) is 11.7. The summed E-state index contributed by atoms with van der Waals surface area (Å²) in [6.45, 7) is 6.91. The van der Waals surface area contributed by atoms with Gasteiger partial charge >= 0.3 is 0 Å². The van der Waals surface area contributed by atoms with E-state index in [4.69, 9.17) is 17.0 Å². The summed E-state index contributed by atoms with van der Waals surface area (Å²) >= 11 is 5.29. The zero-order chi connectivity index (χ0) is 13.4. The van der Waals surface area contributed by atoms with Crippen molar-refractivity contribution in [2.45, 2.75) is 39.7 Å². The summed E-state index contributed by atoms with van der Waals surface area (Å²) in [5, 5.41) is 7.09. The zero-order valence-electron chi connectivity index (χ0n) is 11.3. The van der Waals surface area contributed by atoms with Crippen LogP contribution < -0.4 is 15.4 Å². The Morgan fingerprint density at radius 2 is 2.06 bits per heavy atom. The van der Waals surface area contributed by atoms with Crippen molar-refractivity contribution in [3.63, 3.8) is 0 Å². The van der Waals surface area contributed by atoms with Gasteiger partial charge in [0.15, 0.2) is 5.11 Å². The monoisotopic (exact) mass is 266 g/mol. The molecule has 0 bridgehead atoms. The van der Waals surface area contributed by atoms with Crippen LogP contribution in [0.1, 0.15) is 33.6 Å². The van der Waals surface area contributed by atoms with Gasteiger partial charge in [0.05, 0.1) is 12.3 Å². The van der Waals surface area contributed by atoms with Crippen molar-refractivity contribution in [1.82, 2.24) is 5.32 Å². The molecule has 0 radical (unpaired) electrons. The lowest BCUT2D eigenvalue weighted by molar-refractivity contribution is 0.342. The molecule has 18 heavy (non-hydrogen) atoms. The lowest BCUT2D eigenvalue weighted by atomic mass is 10.2. The van der Waals surface area contributed by atoms with Crippen LogP contribution in [0.25, 0.3) is 0 Å². The van der Waals surface area contributed by atoms with Crippen LogP contribution in [0.15, 0.2) is 24.3 Å². The zero-order valence-corrected chi connectivity index (χ0v) is 12.1. The molecule has 0 unspecified atom stereocenters. The van der Waals surface area contributed by atoms with Crippen molar-refractivity contribution in [3.8, 4) is 5.75 Å². The van der Waals surface area contributed by atoms with Crippen LogP contribution in [0.4, 0.5) is 5.69 Å². The molecule has 100 valence electrons. The number of nitrogens with one attached hydrogen (secondary N) is 2. The summed E-state index contributed by atoms with van der Waals surface area (Å²) in [6.07, 6.45) is 2.25. The predicted molar refractivity (Wildman–Crippen MR) is 81.3 cm³/mol. The number of hydrogen-bond donors (Lipinski definition) is 2. The molecule has 0 saturated heterocycles. The molecular weight excluding hydrogens is 244 g/mol. The number of benzene rings is 1. The molecular formula is C14H22N2OS. The summed E-state index contributed by atoms with van der Waals surface area (Å²) in [5.74, 6) is 0.826. The maximum absolute atomic E-state index is 5.54. The molecule has 0 amide bonds. The van der Waals surface area contributed by atoms with Crippen molar-refractivity contribution in [1.29, 1.82) is 0 Å². The number of ether oxygens (including phenoxy) is 1. The third kappa shape index (κ3) is 4.92. The average Bonchev–Trinajstić information content (AvgIpc) is 2.32. The molecule has 1 aromatic rings. The maximum atomic E-state index is 5.54. The molecule has 2 N–H and O–H groups in total. The van der Waals surface area contributed by atoms with E-state index in [0.717, 1.165) is 24.3 Å². The number of thiocarbonyl (C=S) groups is 1. The summed E-state index contributed by atoms with van der Waals surface area (Å²) < 4.78 is 5.54. The number of hydrogen-bond acceptors (Lipinski definition) is 2. The molecule has 0 aromatic heterocycles. The summed E-state index contributed by atoms with van der Waals surface area (Å²) in [6, 6.07) is 8.19. The van der Waals surface area contributed by atoms with Crippen molar-refractivity contribution >= 4 is 23.0 Å². The highest BCUT2D eigenvalue weighted by Crippen LogP contribution is 2.23. The Morgan fingerprint density at radius 1 is 1.33 bits per heavy atom. The Morgan fingerprint density at radius 3 is 2.72 bits per heavy atom. The van der Waals surface area contributed by atoms with Crippen LogP contribution in [0.3, 0.4) is 0 Å². The number of para-hydroxylation sites is 2. The Balaban J connectivity index is 2.58. The van der Waals surface area contributed by atoms with Crippen molar-refractivity contribution in [2.75, 3.05) is 11.9 Å². The smallest absolute Gasteiger partial charge is 0.171 e. The molecule has 0 aliphatic rings. The third-order valence-electron chi connectivity index (χ3n) is 2.53. The van der Waals surface area contributed by atoms with Crippen molar-refractivity contribution < 1.29 is 4.74 Å². The Kier molecular flexibility index (Phi) is 6.50. The van der Waals surface area contributed by atoms with Crippen LogP contribution in [0.5, 0.6) is 5.75 Å². The van der Waals surface area contributed by atoms with Gasteiger partial charge in [0, 0.05) is 6.04 Å². The Hall–Kier alpha value is -1.29. The first kappa shape index (κ1) is 14.8. The fourth-order valence-corrected chi connectivity index (χ4v) is 2.05. The fraction of sp³-hybridized carbons (Fsp3) is 0.500. The standard InChI is InChI=1S/C14H22N2OS/c1-4-8-11(3)15-14(18)16-12-9-6-7-10-13(12)17-5-2/h6-7,9-11H,4-5,8H2,1-3H3,(H2,15,16,18)/t11-/m0/s1. The maximum Gasteiger partial charge on any atom is 0.171 e. The molecule has 0 heterocycles. The first-order valence-corrected chi connectivity index (χ1v) is 6.87. The van der Waals surface area contributed by atoms with E-state index in [-0.39, 0.29) is 0 Å². The minimum Gasteiger partial charge on any atom is -0.492 e. The number of rotatable bonds is 6.